The normalized spacial score (nSPS) is 17.2. The van der Waals surface area contributed by atoms with Gasteiger partial charge in [0.15, 0.2) is 0 Å². The predicted molar refractivity (Wildman–Crippen MR) is 83.6 cm³/mol. The molecule has 106 valence electrons. The molecule has 0 saturated carbocycles. The van der Waals surface area contributed by atoms with E-state index in [0.29, 0.717) is 0 Å². The van der Waals surface area contributed by atoms with Crippen LogP contribution in [0, 0.1) is 11.8 Å². The van der Waals surface area contributed by atoms with Crippen molar-refractivity contribution in [3.8, 4) is 0 Å². The van der Waals surface area contributed by atoms with E-state index in [2.05, 4.69) is 55.3 Å². The third-order valence-corrected chi connectivity index (χ3v) is 4.36. The Labute approximate surface area is 118 Å². The molecule has 0 unspecified atom stereocenters. The highest BCUT2D eigenvalue weighted by molar-refractivity contribution is 5.47. The summed E-state index contributed by atoms with van der Waals surface area (Å²) in [7, 11) is 0. The Bertz CT molecular complexity index is 361. The molecule has 1 N–H and O–H groups in total. The molecule has 2 nitrogen and oxygen atoms in total. The Balaban J connectivity index is 1.89. The Kier molecular flexibility index (Phi) is 5.26. The van der Waals surface area contributed by atoms with E-state index in [4.69, 9.17) is 0 Å². The number of hydrogen-bond acceptors (Lipinski definition) is 2. The minimum Gasteiger partial charge on any atom is -0.372 e. The van der Waals surface area contributed by atoms with E-state index in [9.17, 15) is 0 Å². The van der Waals surface area contributed by atoms with Crippen molar-refractivity contribution in [3.63, 3.8) is 0 Å². The molecule has 1 aliphatic rings. The maximum atomic E-state index is 3.37. The van der Waals surface area contributed by atoms with Gasteiger partial charge in [0.1, 0.15) is 0 Å². The molecule has 0 spiro atoms. The van der Waals surface area contributed by atoms with E-state index in [-0.39, 0.29) is 0 Å². The van der Waals surface area contributed by atoms with Crippen LogP contribution in [0.1, 0.15) is 39.2 Å². The topological polar surface area (TPSA) is 15.3 Å². The Hall–Kier alpha value is -1.02. The van der Waals surface area contributed by atoms with Crippen LogP contribution in [-0.2, 0) is 6.54 Å². The number of benzene rings is 1. The van der Waals surface area contributed by atoms with Crippen molar-refractivity contribution in [1.82, 2.24) is 5.32 Å². The van der Waals surface area contributed by atoms with Crippen molar-refractivity contribution in [2.45, 2.75) is 40.2 Å². The number of anilines is 1. The predicted octanol–water partition coefficient (Wildman–Crippen LogP) is 3.67. The molecular formula is C17H28N2. The average molecular weight is 260 g/mol. The lowest BCUT2D eigenvalue weighted by Crippen LogP contribution is -2.35. The summed E-state index contributed by atoms with van der Waals surface area (Å²) in [6, 6.07) is 9.07. The van der Waals surface area contributed by atoms with Crippen molar-refractivity contribution in [3.05, 3.63) is 29.8 Å². The highest BCUT2D eigenvalue weighted by Crippen LogP contribution is 2.27. The highest BCUT2D eigenvalue weighted by atomic mass is 15.1. The first kappa shape index (κ1) is 14.4. The third-order valence-electron chi connectivity index (χ3n) is 4.36. The summed E-state index contributed by atoms with van der Waals surface area (Å²) in [6.45, 7) is 11.3. The summed E-state index contributed by atoms with van der Waals surface area (Å²) in [4.78, 5) is 2.54. The Morgan fingerprint density at radius 2 is 1.79 bits per heavy atom. The fraction of sp³-hybridized carbons (Fsp3) is 0.647. The van der Waals surface area contributed by atoms with Crippen molar-refractivity contribution in [1.29, 1.82) is 0 Å². The fourth-order valence-electron chi connectivity index (χ4n) is 2.92. The van der Waals surface area contributed by atoms with Crippen LogP contribution in [0.2, 0.25) is 0 Å². The van der Waals surface area contributed by atoms with Crippen LogP contribution in [0.4, 0.5) is 5.69 Å². The smallest absolute Gasteiger partial charge is 0.0366 e. The summed E-state index contributed by atoms with van der Waals surface area (Å²) in [5, 5.41) is 3.37. The van der Waals surface area contributed by atoms with Gasteiger partial charge in [-0.25, -0.2) is 0 Å². The SMILES string of the molecule is CCNCc1ccc(N2CCC(C(C)C)CC2)cc1. The number of rotatable bonds is 5. The van der Waals surface area contributed by atoms with E-state index in [1.165, 1.54) is 37.2 Å². The van der Waals surface area contributed by atoms with Gasteiger partial charge in [0.2, 0.25) is 0 Å². The van der Waals surface area contributed by atoms with Gasteiger partial charge in [-0.3, -0.25) is 0 Å². The van der Waals surface area contributed by atoms with Crippen LogP contribution in [0.3, 0.4) is 0 Å². The number of nitrogens with one attached hydrogen (secondary N) is 1. The molecular weight excluding hydrogens is 232 g/mol. The number of piperidine rings is 1. The van der Waals surface area contributed by atoms with Gasteiger partial charge in [-0.1, -0.05) is 32.9 Å². The van der Waals surface area contributed by atoms with Crippen molar-refractivity contribution in [2.75, 3.05) is 24.5 Å². The minimum atomic E-state index is 0.838. The van der Waals surface area contributed by atoms with E-state index in [1.54, 1.807) is 0 Å². The summed E-state index contributed by atoms with van der Waals surface area (Å²) in [5.41, 5.74) is 2.77. The van der Waals surface area contributed by atoms with Crippen LogP contribution in [0.5, 0.6) is 0 Å². The zero-order chi connectivity index (χ0) is 13.7. The van der Waals surface area contributed by atoms with Crippen LogP contribution in [-0.4, -0.2) is 19.6 Å². The van der Waals surface area contributed by atoms with Gasteiger partial charge in [0.25, 0.3) is 0 Å². The maximum Gasteiger partial charge on any atom is 0.0366 e. The van der Waals surface area contributed by atoms with E-state index in [1.807, 2.05) is 0 Å². The first-order valence-electron chi connectivity index (χ1n) is 7.75. The lowest BCUT2D eigenvalue weighted by molar-refractivity contribution is 0.311. The Morgan fingerprint density at radius 3 is 2.32 bits per heavy atom. The number of nitrogens with zero attached hydrogens (tertiary/aromatic N) is 1. The van der Waals surface area contributed by atoms with Crippen LogP contribution in [0.15, 0.2) is 24.3 Å². The summed E-state index contributed by atoms with van der Waals surface area (Å²) >= 11 is 0. The first-order chi connectivity index (χ1) is 9.20. The van der Waals surface area contributed by atoms with Gasteiger partial charge in [-0.15, -0.1) is 0 Å². The highest BCUT2D eigenvalue weighted by Gasteiger charge is 2.21. The molecule has 0 amide bonds. The van der Waals surface area contributed by atoms with Crippen LogP contribution in [0.25, 0.3) is 0 Å². The average Bonchev–Trinajstić information content (AvgIpc) is 2.46. The second kappa shape index (κ2) is 6.95. The summed E-state index contributed by atoms with van der Waals surface area (Å²) in [6.07, 6.45) is 2.69. The summed E-state index contributed by atoms with van der Waals surface area (Å²) < 4.78 is 0. The molecule has 1 heterocycles. The molecule has 1 aromatic carbocycles. The molecule has 0 aliphatic carbocycles. The van der Waals surface area contributed by atoms with E-state index in [0.717, 1.165) is 24.9 Å². The standard InChI is InChI=1S/C17H28N2/c1-4-18-13-15-5-7-17(8-6-15)19-11-9-16(10-12-19)14(2)3/h5-8,14,16,18H,4,9-13H2,1-3H3. The summed E-state index contributed by atoms with van der Waals surface area (Å²) in [5.74, 6) is 1.76. The maximum absolute atomic E-state index is 3.37. The lowest BCUT2D eigenvalue weighted by Gasteiger charge is -2.35. The number of hydrogen-bond donors (Lipinski definition) is 1. The third kappa shape index (κ3) is 3.97. The van der Waals surface area contributed by atoms with Gasteiger partial charge >= 0.3 is 0 Å². The van der Waals surface area contributed by atoms with Gasteiger partial charge in [-0.2, -0.15) is 0 Å². The molecule has 19 heavy (non-hydrogen) atoms. The molecule has 1 aliphatic heterocycles. The van der Waals surface area contributed by atoms with Crippen molar-refractivity contribution < 1.29 is 0 Å². The molecule has 0 radical (unpaired) electrons. The molecule has 1 fully saturated rings. The van der Waals surface area contributed by atoms with Crippen molar-refractivity contribution in [2.24, 2.45) is 11.8 Å². The molecule has 1 saturated heterocycles. The molecule has 0 aromatic heterocycles. The zero-order valence-electron chi connectivity index (χ0n) is 12.7. The molecule has 0 atom stereocenters. The van der Waals surface area contributed by atoms with Gasteiger partial charge in [-0.05, 0) is 48.9 Å². The van der Waals surface area contributed by atoms with Gasteiger partial charge < -0.3 is 10.2 Å². The monoisotopic (exact) mass is 260 g/mol. The molecule has 2 rings (SSSR count). The minimum absolute atomic E-state index is 0.838. The second-order valence-corrected chi connectivity index (χ2v) is 6.02. The first-order valence-corrected chi connectivity index (χ1v) is 7.75. The van der Waals surface area contributed by atoms with E-state index < -0.39 is 0 Å². The van der Waals surface area contributed by atoms with Gasteiger partial charge in [0.05, 0.1) is 0 Å². The van der Waals surface area contributed by atoms with Gasteiger partial charge in [0, 0.05) is 25.3 Å². The van der Waals surface area contributed by atoms with Crippen LogP contribution >= 0.6 is 0 Å². The quantitative estimate of drug-likeness (QED) is 0.869. The van der Waals surface area contributed by atoms with Crippen molar-refractivity contribution >= 4 is 5.69 Å². The Morgan fingerprint density at radius 1 is 1.16 bits per heavy atom. The largest absolute Gasteiger partial charge is 0.372 e. The molecule has 0 bridgehead atoms. The van der Waals surface area contributed by atoms with E-state index >= 15 is 0 Å². The molecule has 2 heteroatoms. The fourth-order valence-corrected chi connectivity index (χ4v) is 2.92. The lowest BCUT2D eigenvalue weighted by atomic mass is 9.86. The molecule has 1 aromatic rings. The second-order valence-electron chi connectivity index (χ2n) is 6.02. The zero-order valence-corrected chi connectivity index (χ0v) is 12.7. The van der Waals surface area contributed by atoms with Crippen LogP contribution < -0.4 is 10.2 Å².